The zero-order valence-corrected chi connectivity index (χ0v) is 16.6. The number of rotatable bonds is 4. The smallest absolute Gasteiger partial charge is 0.246 e. The zero-order chi connectivity index (χ0) is 19.7. The Bertz CT molecular complexity index is 1000. The van der Waals surface area contributed by atoms with E-state index in [0.717, 1.165) is 54.3 Å². The van der Waals surface area contributed by atoms with E-state index in [4.69, 9.17) is 0 Å². The molecule has 0 radical (unpaired) electrons. The van der Waals surface area contributed by atoms with Gasteiger partial charge in [0.15, 0.2) is 5.65 Å². The zero-order valence-electron chi connectivity index (χ0n) is 16.6. The molecule has 0 spiro atoms. The highest BCUT2D eigenvalue weighted by molar-refractivity contribution is 5.93. The van der Waals surface area contributed by atoms with Crippen LogP contribution in [0.3, 0.4) is 0 Å². The molecule has 0 atom stereocenters. The Balaban J connectivity index is 1.53. The Morgan fingerprint density at radius 2 is 2.00 bits per heavy atom. The molecule has 3 aromatic rings. The number of aryl methyl sites for hydroxylation is 2. The van der Waals surface area contributed by atoms with E-state index in [2.05, 4.69) is 38.3 Å². The van der Waals surface area contributed by atoms with E-state index < -0.39 is 0 Å². The average molecular weight is 378 g/mol. The van der Waals surface area contributed by atoms with E-state index in [1.807, 2.05) is 26.0 Å². The molecule has 146 valence electrons. The van der Waals surface area contributed by atoms with Gasteiger partial charge in [0.1, 0.15) is 18.7 Å². The van der Waals surface area contributed by atoms with Gasteiger partial charge in [-0.05, 0) is 44.2 Å². The second-order valence-electron chi connectivity index (χ2n) is 7.77. The van der Waals surface area contributed by atoms with Crippen molar-refractivity contribution in [2.75, 3.05) is 23.3 Å². The van der Waals surface area contributed by atoms with Gasteiger partial charge in [-0.3, -0.25) is 4.79 Å². The van der Waals surface area contributed by atoms with E-state index in [1.54, 1.807) is 17.2 Å². The van der Waals surface area contributed by atoms with Crippen LogP contribution >= 0.6 is 0 Å². The highest BCUT2D eigenvalue weighted by atomic mass is 16.2. The molecule has 4 rings (SSSR count). The summed E-state index contributed by atoms with van der Waals surface area (Å²) in [5.41, 5.74) is 3.73. The summed E-state index contributed by atoms with van der Waals surface area (Å²) in [4.78, 5) is 23.7. The number of carbonyl (C=O) groups excluding carboxylic acids is 1. The summed E-state index contributed by atoms with van der Waals surface area (Å²) in [6.45, 7) is 8.42. The van der Waals surface area contributed by atoms with Gasteiger partial charge in [0.25, 0.3) is 0 Å². The lowest BCUT2D eigenvalue weighted by atomic mass is 9.99. The predicted molar refractivity (Wildman–Crippen MR) is 110 cm³/mol. The Labute approximate surface area is 164 Å². The fourth-order valence-corrected chi connectivity index (χ4v) is 3.75. The molecule has 1 aliphatic heterocycles. The predicted octanol–water partition coefficient (Wildman–Crippen LogP) is 3.32. The van der Waals surface area contributed by atoms with E-state index in [0.29, 0.717) is 5.65 Å². The fraction of sp³-hybridized carbons (Fsp3) is 0.429. The third kappa shape index (κ3) is 3.69. The van der Waals surface area contributed by atoms with E-state index in [9.17, 15) is 4.79 Å². The SMILES string of the molecule is Cc1ccc(NC(=O)Cn2ncc3c(N4CCC(C)CC4)ncnc32)c(C)c1. The molecule has 1 fully saturated rings. The molecule has 7 nitrogen and oxygen atoms in total. The van der Waals surface area contributed by atoms with E-state index in [-0.39, 0.29) is 12.5 Å². The normalized spacial score (nSPS) is 15.2. The van der Waals surface area contributed by atoms with Gasteiger partial charge < -0.3 is 10.2 Å². The average Bonchev–Trinajstić information content (AvgIpc) is 3.08. The largest absolute Gasteiger partial charge is 0.356 e. The second kappa shape index (κ2) is 7.58. The van der Waals surface area contributed by atoms with Gasteiger partial charge >= 0.3 is 0 Å². The summed E-state index contributed by atoms with van der Waals surface area (Å²) in [6, 6.07) is 5.98. The van der Waals surface area contributed by atoms with Crippen molar-refractivity contribution in [2.45, 2.75) is 40.2 Å². The topological polar surface area (TPSA) is 75.9 Å². The third-order valence-electron chi connectivity index (χ3n) is 5.45. The quantitative estimate of drug-likeness (QED) is 0.754. The highest BCUT2D eigenvalue weighted by Crippen LogP contribution is 2.27. The molecule has 2 aromatic heterocycles. The molecule has 0 unspecified atom stereocenters. The molecule has 1 N–H and O–H groups in total. The number of hydrogen-bond acceptors (Lipinski definition) is 5. The number of anilines is 2. The maximum absolute atomic E-state index is 12.6. The number of piperidine rings is 1. The number of fused-ring (bicyclic) bond motifs is 1. The van der Waals surface area contributed by atoms with Crippen molar-refractivity contribution in [3.8, 4) is 0 Å². The Kier molecular flexibility index (Phi) is 4.98. The summed E-state index contributed by atoms with van der Waals surface area (Å²) in [7, 11) is 0. The third-order valence-corrected chi connectivity index (χ3v) is 5.45. The Hall–Kier alpha value is -2.96. The van der Waals surface area contributed by atoms with E-state index in [1.165, 1.54) is 5.56 Å². The van der Waals surface area contributed by atoms with Crippen LogP contribution in [0, 0.1) is 19.8 Å². The van der Waals surface area contributed by atoms with Gasteiger partial charge in [0.05, 0.1) is 11.6 Å². The molecular weight excluding hydrogens is 352 g/mol. The Morgan fingerprint density at radius 3 is 2.75 bits per heavy atom. The first-order chi connectivity index (χ1) is 13.5. The molecule has 1 aliphatic rings. The van der Waals surface area contributed by atoms with Crippen molar-refractivity contribution in [1.82, 2.24) is 19.7 Å². The number of nitrogens with zero attached hydrogens (tertiary/aromatic N) is 5. The number of nitrogens with one attached hydrogen (secondary N) is 1. The van der Waals surface area contributed by atoms with Crippen LogP contribution in [0.1, 0.15) is 30.9 Å². The molecule has 1 aromatic carbocycles. The molecule has 0 saturated carbocycles. The first-order valence-electron chi connectivity index (χ1n) is 9.80. The van der Waals surface area contributed by atoms with E-state index >= 15 is 0 Å². The first kappa shape index (κ1) is 18.4. The summed E-state index contributed by atoms with van der Waals surface area (Å²) < 4.78 is 1.64. The summed E-state index contributed by atoms with van der Waals surface area (Å²) in [5.74, 6) is 1.55. The summed E-state index contributed by atoms with van der Waals surface area (Å²) in [6.07, 6.45) is 5.67. The van der Waals surface area contributed by atoms with Crippen molar-refractivity contribution in [2.24, 2.45) is 5.92 Å². The standard InChI is InChI=1S/C21H26N6O/c1-14-6-8-26(9-7-14)20-17-11-24-27(21(17)23-13-22-20)12-19(28)25-18-5-4-15(2)10-16(18)3/h4-5,10-11,13-14H,6-9,12H2,1-3H3,(H,25,28). The van der Waals surface area contributed by atoms with Crippen LogP contribution in [0.4, 0.5) is 11.5 Å². The lowest BCUT2D eigenvalue weighted by molar-refractivity contribution is -0.116. The van der Waals surface area contributed by atoms with Gasteiger partial charge in [0, 0.05) is 18.8 Å². The van der Waals surface area contributed by atoms with Gasteiger partial charge in [-0.1, -0.05) is 24.6 Å². The maximum atomic E-state index is 12.6. The molecule has 3 heterocycles. The lowest BCUT2D eigenvalue weighted by Crippen LogP contribution is -2.33. The minimum absolute atomic E-state index is 0.115. The van der Waals surface area contributed by atoms with Crippen LogP contribution in [-0.2, 0) is 11.3 Å². The molecular formula is C21H26N6O. The van der Waals surface area contributed by atoms with Crippen LogP contribution in [0.15, 0.2) is 30.7 Å². The second-order valence-corrected chi connectivity index (χ2v) is 7.77. The molecule has 7 heteroatoms. The van der Waals surface area contributed by atoms with Crippen molar-refractivity contribution in [1.29, 1.82) is 0 Å². The fourth-order valence-electron chi connectivity index (χ4n) is 3.75. The lowest BCUT2D eigenvalue weighted by Gasteiger charge is -2.31. The molecule has 0 aliphatic carbocycles. The van der Waals surface area contributed by atoms with Gasteiger partial charge in [-0.25, -0.2) is 14.6 Å². The minimum Gasteiger partial charge on any atom is -0.356 e. The van der Waals surface area contributed by atoms with Crippen LogP contribution in [-0.4, -0.2) is 38.7 Å². The highest BCUT2D eigenvalue weighted by Gasteiger charge is 2.21. The first-order valence-corrected chi connectivity index (χ1v) is 9.80. The minimum atomic E-state index is -0.121. The van der Waals surface area contributed by atoms with Gasteiger partial charge in [-0.15, -0.1) is 0 Å². The van der Waals surface area contributed by atoms with Crippen LogP contribution in [0.25, 0.3) is 11.0 Å². The number of aromatic nitrogens is 4. The van der Waals surface area contributed by atoms with Crippen molar-refractivity contribution in [3.05, 3.63) is 41.9 Å². The number of carbonyl (C=O) groups is 1. The number of amides is 1. The molecule has 1 saturated heterocycles. The molecule has 1 amide bonds. The van der Waals surface area contributed by atoms with Gasteiger partial charge in [0.2, 0.25) is 5.91 Å². The van der Waals surface area contributed by atoms with Crippen LogP contribution in [0.5, 0.6) is 0 Å². The van der Waals surface area contributed by atoms with Crippen molar-refractivity contribution >= 4 is 28.4 Å². The maximum Gasteiger partial charge on any atom is 0.246 e. The number of hydrogen-bond donors (Lipinski definition) is 1. The molecule has 28 heavy (non-hydrogen) atoms. The number of benzene rings is 1. The molecule has 0 bridgehead atoms. The van der Waals surface area contributed by atoms with Crippen LogP contribution in [0.2, 0.25) is 0 Å². The monoisotopic (exact) mass is 378 g/mol. The Morgan fingerprint density at radius 1 is 1.21 bits per heavy atom. The summed E-state index contributed by atoms with van der Waals surface area (Å²) in [5, 5.41) is 8.28. The summed E-state index contributed by atoms with van der Waals surface area (Å²) >= 11 is 0. The van der Waals surface area contributed by atoms with Crippen molar-refractivity contribution < 1.29 is 4.79 Å². The van der Waals surface area contributed by atoms with Crippen LogP contribution < -0.4 is 10.2 Å². The van der Waals surface area contributed by atoms with Gasteiger partial charge in [-0.2, -0.15) is 5.10 Å². The van der Waals surface area contributed by atoms with Crippen molar-refractivity contribution in [3.63, 3.8) is 0 Å².